The molecule has 9 heteroatoms. The first-order valence-electron chi connectivity index (χ1n) is 3.78. The molecule has 88 valence electrons. The molecule has 0 unspecified atom stereocenters. The second-order valence-corrected chi connectivity index (χ2v) is 3.48. The molecule has 5 nitrogen and oxygen atoms in total. The standard InChI is InChI=1S/C7H4BrF3N2O3/c8-4-1-12-2-5(13(14)15)6(4)16-3-7(9,10)11/h1-2H,3H2. The Balaban J connectivity index is 2.98. The van der Waals surface area contributed by atoms with E-state index in [1.165, 1.54) is 0 Å². The number of nitrogens with zero attached hydrogens (tertiary/aromatic N) is 2. The van der Waals surface area contributed by atoms with Crippen molar-refractivity contribution in [2.45, 2.75) is 6.18 Å². The molecule has 0 bridgehead atoms. The minimum absolute atomic E-state index is 0.00838. The van der Waals surface area contributed by atoms with Crippen molar-refractivity contribution in [3.8, 4) is 5.75 Å². The largest absolute Gasteiger partial charge is 0.476 e. The summed E-state index contributed by atoms with van der Waals surface area (Å²) in [6.45, 7) is -1.60. The molecule has 1 heterocycles. The van der Waals surface area contributed by atoms with Crippen molar-refractivity contribution in [3.05, 3.63) is 27.0 Å². The third-order valence-corrected chi connectivity index (χ3v) is 1.98. The number of alkyl halides is 3. The fourth-order valence-electron chi connectivity index (χ4n) is 0.840. The summed E-state index contributed by atoms with van der Waals surface area (Å²) < 4.78 is 40.0. The highest BCUT2D eigenvalue weighted by atomic mass is 79.9. The molecular weight excluding hydrogens is 297 g/mol. The lowest BCUT2D eigenvalue weighted by atomic mass is 10.4. The van der Waals surface area contributed by atoms with Crippen LogP contribution in [-0.4, -0.2) is 22.7 Å². The van der Waals surface area contributed by atoms with E-state index in [0.29, 0.717) is 0 Å². The Hall–Kier alpha value is -1.38. The van der Waals surface area contributed by atoms with Crippen LogP contribution in [0.2, 0.25) is 0 Å². The molecule has 0 radical (unpaired) electrons. The number of pyridine rings is 1. The average Bonchev–Trinajstić information content (AvgIpc) is 2.13. The van der Waals surface area contributed by atoms with E-state index in [1.54, 1.807) is 0 Å². The van der Waals surface area contributed by atoms with Gasteiger partial charge in [-0.15, -0.1) is 0 Å². The summed E-state index contributed by atoms with van der Waals surface area (Å²) in [4.78, 5) is 13.1. The van der Waals surface area contributed by atoms with Crippen LogP contribution in [0.15, 0.2) is 16.9 Å². The predicted molar refractivity (Wildman–Crippen MR) is 50.1 cm³/mol. The molecule has 0 aliphatic carbocycles. The van der Waals surface area contributed by atoms with Crippen molar-refractivity contribution < 1.29 is 22.8 Å². The Bertz CT molecular complexity index is 410. The fraction of sp³-hybridized carbons (Fsp3) is 0.286. The van der Waals surface area contributed by atoms with E-state index in [-0.39, 0.29) is 4.47 Å². The fourth-order valence-corrected chi connectivity index (χ4v) is 1.28. The normalized spacial score (nSPS) is 11.2. The smallest absolute Gasteiger partial charge is 0.422 e. The monoisotopic (exact) mass is 300 g/mol. The van der Waals surface area contributed by atoms with Crippen LogP contribution < -0.4 is 4.74 Å². The Kier molecular flexibility index (Phi) is 3.68. The van der Waals surface area contributed by atoms with Crippen molar-refractivity contribution in [2.24, 2.45) is 0 Å². The van der Waals surface area contributed by atoms with Crippen LogP contribution in [0.3, 0.4) is 0 Å². The molecule has 1 aromatic heterocycles. The lowest BCUT2D eigenvalue weighted by molar-refractivity contribution is -0.386. The van der Waals surface area contributed by atoms with Gasteiger partial charge in [-0.3, -0.25) is 15.1 Å². The number of aromatic nitrogens is 1. The van der Waals surface area contributed by atoms with Gasteiger partial charge in [0.2, 0.25) is 5.75 Å². The molecule has 0 spiro atoms. The number of nitro groups is 1. The summed E-state index contributed by atoms with van der Waals surface area (Å²) in [6.07, 6.45) is -2.63. The molecule has 0 amide bonds. The summed E-state index contributed by atoms with van der Waals surface area (Å²) in [5, 5.41) is 10.5. The zero-order valence-corrected chi connectivity index (χ0v) is 9.08. The lowest BCUT2D eigenvalue weighted by Crippen LogP contribution is -2.19. The first-order chi connectivity index (χ1) is 7.31. The van der Waals surface area contributed by atoms with Crippen molar-refractivity contribution in [2.75, 3.05) is 6.61 Å². The Morgan fingerprint density at radius 3 is 2.62 bits per heavy atom. The third kappa shape index (κ3) is 3.33. The molecule has 0 saturated heterocycles. The van der Waals surface area contributed by atoms with E-state index in [4.69, 9.17) is 0 Å². The maximum absolute atomic E-state index is 11.9. The molecule has 1 aromatic rings. The minimum atomic E-state index is -4.56. The van der Waals surface area contributed by atoms with E-state index in [9.17, 15) is 23.3 Å². The molecule has 16 heavy (non-hydrogen) atoms. The van der Waals surface area contributed by atoms with Gasteiger partial charge in [0.25, 0.3) is 0 Å². The van der Waals surface area contributed by atoms with E-state index in [1.807, 2.05) is 0 Å². The molecule has 0 atom stereocenters. The van der Waals surface area contributed by atoms with Crippen LogP contribution in [0.5, 0.6) is 5.75 Å². The predicted octanol–water partition coefficient (Wildman–Crippen LogP) is 2.69. The van der Waals surface area contributed by atoms with Gasteiger partial charge in [-0.05, 0) is 15.9 Å². The van der Waals surface area contributed by atoms with E-state index < -0.39 is 29.1 Å². The first kappa shape index (κ1) is 12.7. The Labute approximate surface area is 95.5 Å². The molecule has 0 fully saturated rings. The highest BCUT2D eigenvalue weighted by Crippen LogP contribution is 2.34. The van der Waals surface area contributed by atoms with E-state index in [2.05, 4.69) is 25.7 Å². The van der Waals surface area contributed by atoms with Crippen LogP contribution in [0, 0.1) is 10.1 Å². The van der Waals surface area contributed by atoms with Crippen LogP contribution in [0.25, 0.3) is 0 Å². The van der Waals surface area contributed by atoms with Gasteiger partial charge in [0.15, 0.2) is 6.61 Å². The lowest BCUT2D eigenvalue weighted by Gasteiger charge is -2.10. The zero-order chi connectivity index (χ0) is 12.3. The summed E-state index contributed by atoms with van der Waals surface area (Å²) in [5.41, 5.74) is -0.626. The number of ether oxygens (including phenoxy) is 1. The number of rotatable bonds is 3. The van der Waals surface area contributed by atoms with Crippen molar-refractivity contribution in [3.63, 3.8) is 0 Å². The summed E-state index contributed by atoms with van der Waals surface area (Å²) in [6, 6.07) is 0. The van der Waals surface area contributed by atoms with E-state index >= 15 is 0 Å². The third-order valence-electron chi connectivity index (χ3n) is 1.41. The van der Waals surface area contributed by atoms with Crippen LogP contribution in [0.1, 0.15) is 0 Å². The maximum atomic E-state index is 11.9. The quantitative estimate of drug-likeness (QED) is 0.636. The Morgan fingerprint density at radius 2 is 2.12 bits per heavy atom. The van der Waals surface area contributed by atoms with Gasteiger partial charge in [-0.25, -0.2) is 0 Å². The number of hydrogen-bond acceptors (Lipinski definition) is 4. The van der Waals surface area contributed by atoms with Gasteiger partial charge in [0.1, 0.15) is 6.20 Å². The van der Waals surface area contributed by atoms with Gasteiger partial charge in [-0.1, -0.05) is 0 Å². The highest BCUT2D eigenvalue weighted by molar-refractivity contribution is 9.10. The van der Waals surface area contributed by atoms with Crippen LogP contribution in [-0.2, 0) is 0 Å². The molecule has 0 aliphatic heterocycles. The maximum Gasteiger partial charge on any atom is 0.422 e. The highest BCUT2D eigenvalue weighted by Gasteiger charge is 2.30. The van der Waals surface area contributed by atoms with Gasteiger partial charge in [0.05, 0.1) is 9.40 Å². The van der Waals surface area contributed by atoms with Crippen LogP contribution in [0.4, 0.5) is 18.9 Å². The number of hydrogen-bond donors (Lipinski definition) is 0. The zero-order valence-electron chi connectivity index (χ0n) is 7.49. The topological polar surface area (TPSA) is 65.3 Å². The van der Waals surface area contributed by atoms with Gasteiger partial charge in [0, 0.05) is 6.20 Å². The SMILES string of the molecule is O=[N+]([O-])c1cncc(Br)c1OCC(F)(F)F. The van der Waals surface area contributed by atoms with Crippen molar-refractivity contribution >= 4 is 21.6 Å². The van der Waals surface area contributed by atoms with Gasteiger partial charge >= 0.3 is 11.9 Å². The first-order valence-corrected chi connectivity index (χ1v) is 4.58. The van der Waals surface area contributed by atoms with Gasteiger partial charge < -0.3 is 4.74 Å². The molecule has 0 aromatic carbocycles. The molecule has 1 rings (SSSR count). The number of halogens is 4. The molecule has 0 N–H and O–H groups in total. The average molecular weight is 301 g/mol. The summed E-state index contributed by atoms with van der Waals surface area (Å²) in [5.74, 6) is -0.489. The second kappa shape index (κ2) is 4.64. The Morgan fingerprint density at radius 1 is 1.50 bits per heavy atom. The van der Waals surface area contributed by atoms with Crippen molar-refractivity contribution in [1.29, 1.82) is 0 Å². The summed E-state index contributed by atoms with van der Waals surface area (Å²) >= 11 is 2.82. The van der Waals surface area contributed by atoms with Crippen molar-refractivity contribution in [1.82, 2.24) is 4.98 Å². The molecular formula is C7H4BrF3N2O3. The minimum Gasteiger partial charge on any atom is -0.476 e. The summed E-state index contributed by atoms with van der Waals surface area (Å²) in [7, 11) is 0. The second-order valence-electron chi connectivity index (χ2n) is 2.63. The molecule has 0 aliphatic rings. The van der Waals surface area contributed by atoms with Crippen LogP contribution >= 0.6 is 15.9 Å². The molecule has 0 saturated carbocycles. The van der Waals surface area contributed by atoms with Gasteiger partial charge in [-0.2, -0.15) is 13.2 Å². The van der Waals surface area contributed by atoms with E-state index in [0.717, 1.165) is 12.4 Å².